The van der Waals surface area contributed by atoms with Gasteiger partial charge in [0.05, 0.1) is 19.0 Å². The third-order valence-electron chi connectivity index (χ3n) is 8.04. The summed E-state index contributed by atoms with van der Waals surface area (Å²) in [5, 5.41) is 14.0. The Bertz CT molecular complexity index is 1220. The normalized spacial score (nSPS) is 18.5. The number of hydrazine groups is 1. The van der Waals surface area contributed by atoms with E-state index in [9.17, 15) is 9.59 Å². The summed E-state index contributed by atoms with van der Waals surface area (Å²) in [4.78, 5) is 37.4. The lowest BCUT2D eigenvalue weighted by Gasteiger charge is -2.44. The topological polar surface area (TPSA) is 115 Å². The van der Waals surface area contributed by atoms with Gasteiger partial charge in [0.1, 0.15) is 17.5 Å². The molecule has 11 nitrogen and oxygen atoms in total. The lowest BCUT2D eigenvalue weighted by molar-refractivity contribution is -0.120. The zero-order valence-corrected chi connectivity index (χ0v) is 25.5. The summed E-state index contributed by atoms with van der Waals surface area (Å²) in [7, 11) is 5.33. The van der Waals surface area contributed by atoms with Crippen LogP contribution in [0.2, 0.25) is 0 Å². The Hall–Kier alpha value is -3.44. The standard InChI is InChI=1S/C30H46N8O3/c1-8-22(20-12-14-31-15-13-20)33-28(39)21-10-11-23(26(16-21)41-7)34-30-32-17-25-27(35-30)38(36(5)18-19(3)4)24(9-2)29(40)37(25)6/h10-11,16-17,19-20,22,24,31H,8-9,12-15,18H2,1-7H3,(H,33,39)(H,32,34,35). The van der Waals surface area contributed by atoms with Crippen LogP contribution in [0.5, 0.6) is 5.75 Å². The van der Waals surface area contributed by atoms with Crippen molar-refractivity contribution in [2.45, 2.75) is 65.5 Å². The molecule has 2 aliphatic rings. The number of piperidine rings is 1. The van der Waals surface area contributed by atoms with Crippen molar-refractivity contribution in [1.82, 2.24) is 25.6 Å². The largest absolute Gasteiger partial charge is 0.495 e. The fourth-order valence-electron chi connectivity index (χ4n) is 5.90. The maximum Gasteiger partial charge on any atom is 0.251 e. The van der Waals surface area contributed by atoms with E-state index in [1.165, 1.54) is 0 Å². The number of nitrogens with one attached hydrogen (secondary N) is 3. The smallest absolute Gasteiger partial charge is 0.251 e. The van der Waals surface area contributed by atoms with Crippen molar-refractivity contribution in [1.29, 1.82) is 0 Å². The number of nitrogens with zero attached hydrogens (tertiary/aromatic N) is 5. The molecule has 224 valence electrons. The summed E-state index contributed by atoms with van der Waals surface area (Å²) >= 11 is 0. The number of carbonyl (C=O) groups excluding carboxylic acids is 2. The van der Waals surface area contributed by atoms with Crippen LogP contribution in [0.4, 0.5) is 23.1 Å². The Morgan fingerprint density at radius 1 is 1.24 bits per heavy atom. The molecule has 0 aliphatic carbocycles. The van der Waals surface area contributed by atoms with Gasteiger partial charge in [-0.2, -0.15) is 4.98 Å². The molecule has 0 saturated carbocycles. The second-order valence-corrected chi connectivity index (χ2v) is 11.4. The maximum absolute atomic E-state index is 13.2. The van der Waals surface area contributed by atoms with Crippen LogP contribution < -0.4 is 30.6 Å². The van der Waals surface area contributed by atoms with Gasteiger partial charge in [-0.1, -0.05) is 27.7 Å². The highest BCUT2D eigenvalue weighted by atomic mass is 16.5. The third kappa shape index (κ3) is 6.73. The molecule has 0 spiro atoms. The first kappa shape index (κ1) is 30.5. The van der Waals surface area contributed by atoms with E-state index in [1.807, 2.05) is 25.0 Å². The molecule has 0 radical (unpaired) electrons. The van der Waals surface area contributed by atoms with Crippen molar-refractivity contribution in [3.05, 3.63) is 30.0 Å². The number of methoxy groups -OCH3 is 1. The van der Waals surface area contributed by atoms with Gasteiger partial charge in [0.25, 0.3) is 11.8 Å². The first-order valence-electron chi connectivity index (χ1n) is 14.8. The Kier molecular flexibility index (Phi) is 10.0. The first-order valence-corrected chi connectivity index (χ1v) is 14.8. The van der Waals surface area contributed by atoms with Crippen LogP contribution in [0.1, 0.15) is 63.7 Å². The van der Waals surface area contributed by atoms with Gasteiger partial charge in [0.2, 0.25) is 5.95 Å². The number of hydrogen-bond acceptors (Lipinski definition) is 9. The number of ether oxygens (including phenoxy) is 1. The number of aromatic nitrogens is 2. The van der Waals surface area contributed by atoms with Gasteiger partial charge < -0.3 is 25.6 Å². The Labute approximate surface area is 244 Å². The molecule has 1 aromatic carbocycles. The predicted molar refractivity (Wildman–Crippen MR) is 163 cm³/mol. The Morgan fingerprint density at radius 2 is 1.98 bits per heavy atom. The van der Waals surface area contributed by atoms with Crippen LogP contribution >= 0.6 is 0 Å². The van der Waals surface area contributed by atoms with E-state index in [0.29, 0.717) is 52.7 Å². The predicted octanol–water partition coefficient (Wildman–Crippen LogP) is 3.80. The van der Waals surface area contributed by atoms with Crippen molar-refractivity contribution < 1.29 is 14.3 Å². The summed E-state index contributed by atoms with van der Waals surface area (Å²) in [6.45, 7) is 11.2. The second kappa shape index (κ2) is 13.5. The quantitative estimate of drug-likeness (QED) is 0.374. The monoisotopic (exact) mass is 566 g/mol. The number of amides is 2. The Morgan fingerprint density at radius 3 is 2.61 bits per heavy atom. The zero-order chi connectivity index (χ0) is 29.7. The van der Waals surface area contributed by atoms with Gasteiger partial charge in [0.15, 0.2) is 5.82 Å². The average Bonchev–Trinajstić information content (AvgIpc) is 2.97. The number of hydrogen-bond donors (Lipinski definition) is 3. The zero-order valence-electron chi connectivity index (χ0n) is 25.5. The van der Waals surface area contributed by atoms with Crippen molar-refractivity contribution in [2.75, 3.05) is 56.1 Å². The van der Waals surface area contributed by atoms with Crippen LogP contribution in [0, 0.1) is 11.8 Å². The fourth-order valence-corrected chi connectivity index (χ4v) is 5.90. The first-order chi connectivity index (χ1) is 19.7. The molecule has 2 atom stereocenters. The van der Waals surface area contributed by atoms with Gasteiger partial charge in [-0.15, -0.1) is 0 Å². The van der Waals surface area contributed by atoms with E-state index in [0.717, 1.165) is 38.9 Å². The number of benzene rings is 1. The van der Waals surface area contributed by atoms with Gasteiger partial charge in [0, 0.05) is 32.2 Å². The van der Waals surface area contributed by atoms with E-state index in [1.54, 1.807) is 37.4 Å². The summed E-state index contributed by atoms with van der Waals surface area (Å²) in [6, 6.07) is 5.13. The molecule has 0 bridgehead atoms. The van der Waals surface area contributed by atoms with E-state index < -0.39 is 0 Å². The molecule has 1 aromatic heterocycles. The highest BCUT2D eigenvalue weighted by Crippen LogP contribution is 2.37. The lowest BCUT2D eigenvalue weighted by Crippen LogP contribution is -2.58. The molecule has 2 unspecified atom stereocenters. The summed E-state index contributed by atoms with van der Waals surface area (Å²) in [5.41, 5.74) is 1.83. The number of rotatable bonds is 11. The van der Waals surface area contributed by atoms with E-state index in [-0.39, 0.29) is 23.9 Å². The van der Waals surface area contributed by atoms with E-state index >= 15 is 0 Å². The molecule has 2 aromatic rings. The summed E-state index contributed by atoms with van der Waals surface area (Å²) < 4.78 is 5.66. The van der Waals surface area contributed by atoms with Crippen LogP contribution in [0.25, 0.3) is 0 Å². The highest BCUT2D eigenvalue weighted by molar-refractivity contribution is 6.04. The molecule has 4 rings (SSSR count). The minimum atomic E-state index is -0.358. The van der Waals surface area contributed by atoms with Crippen LogP contribution in [-0.2, 0) is 4.79 Å². The van der Waals surface area contributed by atoms with Crippen molar-refractivity contribution in [3.63, 3.8) is 0 Å². The van der Waals surface area contributed by atoms with E-state index in [2.05, 4.69) is 46.7 Å². The maximum atomic E-state index is 13.2. The highest BCUT2D eigenvalue weighted by Gasteiger charge is 2.39. The molecule has 2 aliphatic heterocycles. The molecule has 11 heteroatoms. The van der Waals surface area contributed by atoms with Gasteiger partial charge in [-0.05, 0) is 68.8 Å². The van der Waals surface area contributed by atoms with Crippen LogP contribution in [0.3, 0.4) is 0 Å². The molecular formula is C30H46N8O3. The average molecular weight is 567 g/mol. The number of likely N-dealkylation sites (N-methyl/N-ethyl adjacent to an activating group) is 1. The van der Waals surface area contributed by atoms with Gasteiger partial charge in [-0.25, -0.2) is 9.99 Å². The van der Waals surface area contributed by atoms with E-state index in [4.69, 9.17) is 9.72 Å². The van der Waals surface area contributed by atoms with Crippen molar-refractivity contribution in [2.24, 2.45) is 11.8 Å². The molecule has 3 N–H and O–H groups in total. The van der Waals surface area contributed by atoms with Crippen LogP contribution in [0.15, 0.2) is 24.4 Å². The minimum Gasteiger partial charge on any atom is -0.495 e. The Balaban J connectivity index is 1.57. The molecule has 3 heterocycles. The summed E-state index contributed by atoms with van der Waals surface area (Å²) in [6.07, 6.45) is 5.35. The SMILES string of the molecule is CCC(NC(=O)c1ccc(Nc2ncc3c(n2)N(N(C)CC(C)C)C(CC)C(=O)N3C)c(OC)c1)C1CCNCC1. The molecule has 1 fully saturated rings. The van der Waals surface area contributed by atoms with Crippen molar-refractivity contribution in [3.8, 4) is 5.75 Å². The fraction of sp³-hybridized carbons (Fsp3) is 0.600. The van der Waals surface area contributed by atoms with Gasteiger partial charge in [-0.3, -0.25) is 14.6 Å². The summed E-state index contributed by atoms with van der Waals surface area (Å²) in [5.74, 6) is 2.35. The minimum absolute atomic E-state index is 0.0147. The number of carbonyl (C=O) groups is 2. The van der Waals surface area contributed by atoms with Gasteiger partial charge >= 0.3 is 0 Å². The molecule has 2 amide bonds. The number of anilines is 4. The molecular weight excluding hydrogens is 520 g/mol. The second-order valence-electron chi connectivity index (χ2n) is 11.4. The molecule has 41 heavy (non-hydrogen) atoms. The number of fused-ring (bicyclic) bond motifs is 1. The van der Waals surface area contributed by atoms with Crippen molar-refractivity contribution >= 4 is 35.0 Å². The lowest BCUT2D eigenvalue weighted by atomic mass is 9.88. The van der Waals surface area contributed by atoms with Crippen LogP contribution in [-0.4, -0.2) is 79.7 Å². The third-order valence-corrected chi connectivity index (χ3v) is 8.04. The molecule has 1 saturated heterocycles.